The molecule has 0 aliphatic carbocycles. The van der Waals surface area contributed by atoms with Crippen LogP contribution in [0.4, 0.5) is 0 Å². The first-order valence-corrected chi connectivity index (χ1v) is 8.86. The zero-order valence-corrected chi connectivity index (χ0v) is 15.1. The van der Waals surface area contributed by atoms with Gasteiger partial charge < -0.3 is 5.32 Å². The van der Waals surface area contributed by atoms with Gasteiger partial charge in [0.05, 0.1) is 11.0 Å². The number of carbonyl (C=O) groups is 1. The Labute approximate surface area is 143 Å². The lowest BCUT2D eigenvalue weighted by Gasteiger charge is -2.32. The van der Waals surface area contributed by atoms with Crippen molar-refractivity contribution >= 4 is 17.7 Å². The van der Waals surface area contributed by atoms with Crippen molar-refractivity contribution in [3.8, 4) is 0 Å². The molecule has 0 spiro atoms. The summed E-state index contributed by atoms with van der Waals surface area (Å²) in [6.45, 7) is 8.08. The molecule has 2 aromatic rings. The molecule has 0 saturated carbocycles. The third-order valence-electron chi connectivity index (χ3n) is 3.88. The highest BCUT2D eigenvalue weighted by atomic mass is 32.2. The van der Waals surface area contributed by atoms with Gasteiger partial charge in [0.1, 0.15) is 0 Å². The average molecular weight is 327 g/mol. The molecule has 1 amide bonds. The largest absolute Gasteiger partial charge is 0.347 e. The van der Waals surface area contributed by atoms with Crippen LogP contribution in [0.25, 0.3) is 0 Å². The molecule has 0 saturated heterocycles. The summed E-state index contributed by atoms with van der Waals surface area (Å²) in [7, 11) is 0. The minimum absolute atomic E-state index is 0.0785. The lowest BCUT2D eigenvalue weighted by molar-refractivity contribution is -0.130. The molecule has 0 aliphatic rings. The molecule has 122 valence electrons. The number of thioether (sulfide) groups is 1. The predicted octanol–water partition coefficient (Wildman–Crippen LogP) is 4.86. The predicted molar refractivity (Wildman–Crippen MR) is 98.6 cm³/mol. The fraction of sp³-hybridized carbons (Fsp3) is 0.350. The van der Waals surface area contributed by atoms with E-state index in [2.05, 4.69) is 17.4 Å². The Hall–Kier alpha value is -1.74. The van der Waals surface area contributed by atoms with Crippen LogP contribution in [0.3, 0.4) is 0 Å². The van der Waals surface area contributed by atoms with Crippen LogP contribution in [0.15, 0.2) is 65.6 Å². The Kier molecular flexibility index (Phi) is 5.53. The van der Waals surface area contributed by atoms with Crippen molar-refractivity contribution < 1.29 is 4.79 Å². The second kappa shape index (κ2) is 7.22. The van der Waals surface area contributed by atoms with E-state index in [0.29, 0.717) is 0 Å². The maximum absolute atomic E-state index is 12.8. The molecule has 2 rings (SSSR count). The van der Waals surface area contributed by atoms with Crippen molar-refractivity contribution in [2.75, 3.05) is 5.75 Å². The fourth-order valence-electron chi connectivity index (χ4n) is 2.23. The normalized spacial score (nSPS) is 12.0. The van der Waals surface area contributed by atoms with Gasteiger partial charge in [0, 0.05) is 10.6 Å². The van der Waals surface area contributed by atoms with E-state index in [9.17, 15) is 4.79 Å². The lowest BCUT2D eigenvalue weighted by Crippen LogP contribution is -2.47. The van der Waals surface area contributed by atoms with Gasteiger partial charge in [-0.3, -0.25) is 4.79 Å². The van der Waals surface area contributed by atoms with E-state index in [1.165, 1.54) is 4.90 Å². The van der Waals surface area contributed by atoms with Gasteiger partial charge in [-0.25, -0.2) is 0 Å². The van der Waals surface area contributed by atoms with E-state index in [1.54, 1.807) is 11.8 Å². The first kappa shape index (κ1) is 17.6. The highest BCUT2D eigenvalue weighted by Crippen LogP contribution is 2.29. The quantitative estimate of drug-likeness (QED) is 0.768. The summed E-state index contributed by atoms with van der Waals surface area (Å²) in [5.74, 6) is 0.822. The lowest BCUT2D eigenvalue weighted by atomic mass is 9.89. The van der Waals surface area contributed by atoms with Crippen LogP contribution >= 0.6 is 11.8 Å². The minimum atomic E-state index is -0.438. The third kappa shape index (κ3) is 4.87. The van der Waals surface area contributed by atoms with Crippen LogP contribution in [0.1, 0.15) is 33.3 Å². The van der Waals surface area contributed by atoms with Gasteiger partial charge in [-0.15, -0.1) is 11.8 Å². The van der Waals surface area contributed by atoms with Crippen molar-refractivity contribution in [2.24, 2.45) is 5.41 Å². The molecule has 2 aromatic carbocycles. The molecule has 1 N–H and O–H groups in total. The van der Waals surface area contributed by atoms with Crippen LogP contribution in [-0.2, 0) is 10.3 Å². The molecule has 0 aliphatic heterocycles. The Morgan fingerprint density at radius 2 is 1.43 bits per heavy atom. The maximum atomic E-state index is 12.8. The van der Waals surface area contributed by atoms with Gasteiger partial charge in [0.15, 0.2) is 0 Å². The average Bonchev–Trinajstić information content (AvgIpc) is 2.54. The Morgan fingerprint density at radius 3 is 2.00 bits per heavy atom. The van der Waals surface area contributed by atoms with Crippen LogP contribution in [-0.4, -0.2) is 11.7 Å². The molecule has 0 aromatic heterocycles. The van der Waals surface area contributed by atoms with Crippen LogP contribution in [0.5, 0.6) is 0 Å². The summed E-state index contributed by atoms with van der Waals surface area (Å²) < 4.78 is 0. The number of hydrogen-bond acceptors (Lipinski definition) is 2. The van der Waals surface area contributed by atoms with Gasteiger partial charge in [-0.05, 0) is 31.5 Å². The first-order chi connectivity index (χ1) is 10.8. The standard InChI is InChI=1S/C20H25NOS/c1-19(2,15-23-17-13-9-6-10-14-17)18(22)21-20(3,4)16-11-7-5-8-12-16/h5-14H,15H2,1-4H3,(H,21,22). The van der Waals surface area contributed by atoms with Gasteiger partial charge in [0.2, 0.25) is 5.91 Å². The summed E-state index contributed by atoms with van der Waals surface area (Å²) in [4.78, 5) is 13.9. The first-order valence-electron chi connectivity index (χ1n) is 7.87. The van der Waals surface area contributed by atoms with E-state index in [1.807, 2.05) is 76.2 Å². The van der Waals surface area contributed by atoms with E-state index >= 15 is 0 Å². The molecule has 0 bridgehead atoms. The second-order valence-electron chi connectivity index (χ2n) is 6.93. The topological polar surface area (TPSA) is 29.1 Å². The number of nitrogens with one attached hydrogen (secondary N) is 1. The van der Waals surface area contributed by atoms with Crippen LogP contribution in [0, 0.1) is 5.41 Å². The number of amides is 1. The van der Waals surface area contributed by atoms with E-state index in [-0.39, 0.29) is 11.4 Å². The maximum Gasteiger partial charge on any atom is 0.227 e. The highest BCUT2D eigenvalue weighted by molar-refractivity contribution is 7.99. The fourth-order valence-corrected chi connectivity index (χ4v) is 3.23. The molecule has 0 heterocycles. The zero-order chi connectivity index (χ0) is 16.9. The van der Waals surface area contributed by atoms with E-state index < -0.39 is 5.41 Å². The van der Waals surface area contributed by atoms with Gasteiger partial charge >= 0.3 is 0 Å². The van der Waals surface area contributed by atoms with Crippen molar-refractivity contribution in [3.63, 3.8) is 0 Å². The number of hydrogen-bond donors (Lipinski definition) is 1. The third-order valence-corrected chi connectivity index (χ3v) is 5.35. The molecule has 2 nitrogen and oxygen atoms in total. The smallest absolute Gasteiger partial charge is 0.227 e. The highest BCUT2D eigenvalue weighted by Gasteiger charge is 2.32. The molecular formula is C20H25NOS. The molecule has 0 unspecified atom stereocenters. The van der Waals surface area contributed by atoms with Crippen molar-refractivity contribution in [1.29, 1.82) is 0 Å². The summed E-state index contributed by atoms with van der Waals surface area (Å²) in [6.07, 6.45) is 0. The second-order valence-corrected chi connectivity index (χ2v) is 7.98. The summed E-state index contributed by atoms with van der Waals surface area (Å²) in [6, 6.07) is 20.3. The molecule has 3 heteroatoms. The van der Waals surface area contributed by atoms with E-state index in [0.717, 1.165) is 11.3 Å². The summed E-state index contributed by atoms with van der Waals surface area (Å²) >= 11 is 1.72. The van der Waals surface area contributed by atoms with E-state index in [4.69, 9.17) is 0 Å². The van der Waals surface area contributed by atoms with Gasteiger partial charge in [-0.1, -0.05) is 62.4 Å². The summed E-state index contributed by atoms with van der Waals surface area (Å²) in [5.41, 5.74) is 0.291. The van der Waals surface area contributed by atoms with Crippen molar-refractivity contribution in [1.82, 2.24) is 5.32 Å². The molecular weight excluding hydrogens is 302 g/mol. The van der Waals surface area contributed by atoms with Crippen molar-refractivity contribution in [2.45, 2.75) is 38.1 Å². The Balaban J connectivity index is 2.00. The zero-order valence-electron chi connectivity index (χ0n) is 14.3. The van der Waals surface area contributed by atoms with Gasteiger partial charge in [0.25, 0.3) is 0 Å². The SMILES string of the molecule is CC(C)(CSc1ccccc1)C(=O)NC(C)(C)c1ccccc1. The number of benzene rings is 2. The minimum Gasteiger partial charge on any atom is -0.347 e. The number of carbonyl (C=O) groups excluding carboxylic acids is 1. The molecule has 0 fully saturated rings. The van der Waals surface area contributed by atoms with Gasteiger partial charge in [-0.2, -0.15) is 0 Å². The van der Waals surface area contributed by atoms with Crippen molar-refractivity contribution in [3.05, 3.63) is 66.2 Å². The molecule has 0 radical (unpaired) electrons. The van der Waals surface area contributed by atoms with Crippen LogP contribution in [0.2, 0.25) is 0 Å². The summed E-state index contributed by atoms with van der Waals surface area (Å²) in [5, 5.41) is 3.20. The Morgan fingerprint density at radius 1 is 0.913 bits per heavy atom. The number of rotatable bonds is 6. The molecule has 0 atom stereocenters. The Bertz CT molecular complexity index is 635. The monoisotopic (exact) mass is 327 g/mol. The molecule has 23 heavy (non-hydrogen) atoms. The van der Waals surface area contributed by atoms with Crippen LogP contribution < -0.4 is 5.32 Å².